The van der Waals surface area contributed by atoms with Crippen molar-refractivity contribution in [1.29, 1.82) is 0 Å². The zero-order valence-electron chi connectivity index (χ0n) is 6.24. The number of methoxy groups -OCH3 is 1. The van der Waals surface area contributed by atoms with Crippen molar-refractivity contribution in [2.24, 2.45) is 0 Å². The fourth-order valence-electron chi connectivity index (χ4n) is 0.813. The standard InChI is InChI=1S/C7H8BNO2/c1-11-7-5(4-10)2-6(8)3-9-7/h2-3,10H,4H2,1H3. The van der Waals surface area contributed by atoms with Crippen molar-refractivity contribution in [2.75, 3.05) is 7.11 Å². The van der Waals surface area contributed by atoms with Gasteiger partial charge in [-0.1, -0.05) is 11.5 Å². The molecule has 0 atom stereocenters. The van der Waals surface area contributed by atoms with Crippen LogP contribution in [0.1, 0.15) is 5.56 Å². The van der Waals surface area contributed by atoms with Crippen LogP contribution < -0.4 is 10.2 Å². The van der Waals surface area contributed by atoms with Gasteiger partial charge in [0, 0.05) is 11.8 Å². The van der Waals surface area contributed by atoms with Gasteiger partial charge in [-0.25, -0.2) is 4.98 Å². The number of aromatic nitrogens is 1. The van der Waals surface area contributed by atoms with E-state index < -0.39 is 0 Å². The summed E-state index contributed by atoms with van der Waals surface area (Å²) in [6, 6.07) is 1.63. The summed E-state index contributed by atoms with van der Waals surface area (Å²) in [5, 5.41) is 8.80. The number of hydrogen-bond donors (Lipinski definition) is 1. The molecule has 0 aliphatic heterocycles. The summed E-state index contributed by atoms with van der Waals surface area (Å²) in [5.74, 6) is 0.418. The van der Waals surface area contributed by atoms with E-state index in [1.54, 1.807) is 6.07 Å². The maximum absolute atomic E-state index is 8.80. The van der Waals surface area contributed by atoms with Crippen molar-refractivity contribution < 1.29 is 9.84 Å². The smallest absolute Gasteiger partial charge is 0.218 e. The fraction of sp³-hybridized carbons (Fsp3) is 0.286. The van der Waals surface area contributed by atoms with E-state index in [9.17, 15) is 0 Å². The van der Waals surface area contributed by atoms with Gasteiger partial charge in [0.1, 0.15) is 7.85 Å². The van der Waals surface area contributed by atoms with Crippen LogP contribution in [0.2, 0.25) is 0 Å². The summed E-state index contributed by atoms with van der Waals surface area (Å²) >= 11 is 0. The highest BCUT2D eigenvalue weighted by molar-refractivity contribution is 6.32. The summed E-state index contributed by atoms with van der Waals surface area (Å²) in [4.78, 5) is 3.86. The van der Waals surface area contributed by atoms with E-state index in [0.29, 0.717) is 16.9 Å². The van der Waals surface area contributed by atoms with Crippen molar-refractivity contribution in [1.82, 2.24) is 4.98 Å². The predicted molar refractivity (Wildman–Crippen MR) is 42.1 cm³/mol. The zero-order valence-corrected chi connectivity index (χ0v) is 6.24. The molecule has 0 saturated heterocycles. The molecule has 3 nitrogen and oxygen atoms in total. The highest BCUT2D eigenvalue weighted by Crippen LogP contribution is 2.10. The average Bonchev–Trinajstić information content (AvgIpc) is 2.04. The number of rotatable bonds is 2. The second-order valence-electron chi connectivity index (χ2n) is 2.10. The summed E-state index contributed by atoms with van der Waals surface area (Å²) in [7, 11) is 6.93. The number of ether oxygens (including phenoxy) is 1. The molecule has 4 heteroatoms. The van der Waals surface area contributed by atoms with Crippen molar-refractivity contribution in [3.63, 3.8) is 0 Å². The molecule has 0 bridgehead atoms. The molecule has 11 heavy (non-hydrogen) atoms. The lowest BCUT2D eigenvalue weighted by Crippen LogP contribution is -2.07. The van der Waals surface area contributed by atoms with E-state index in [2.05, 4.69) is 4.98 Å². The molecule has 0 saturated carbocycles. The second kappa shape index (κ2) is 3.39. The van der Waals surface area contributed by atoms with Crippen LogP contribution in [-0.2, 0) is 6.61 Å². The van der Waals surface area contributed by atoms with Gasteiger partial charge < -0.3 is 9.84 Å². The van der Waals surface area contributed by atoms with Gasteiger partial charge in [0.05, 0.1) is 13.7 Å². The molecule has 1 N–H and O–H groups in total. The van der Waals surface area contributed by atoms with E-state index >= 15 is 0 Å². The third-order valence-corrected chi connectivity index (χ3v) is 1.31. The van der Waals surface area contributed by atoms with Crippen molar-refractivity contribution >= 4 is 13.3 Å². The Morgan fingerprint density at radius 3 is 3.00 bits per heavy atom. The van der Waals surface area contributed by atoms with E-state index in [1.807, 2.05) is 0 Å². The molecule has 0 aliphatic carbocycles. The predicted octanol–water partition coefficient (Wildman–Crippen LogP) is -0.624. The maximum atomic E-state index is 8.80. The molecule has 0 spiro atoms. The van der Waals surface area contributed by atoms with Gasteiger partial charge in [-0.3, -0.25) is 0 Å². The first-order valence-electron chi connectivity index (χ1n) is 3.17. The lowest BCUT2D eigenvalue weighted by molar-refractivity contribution is 0.271. The molecular weight excluding hydrogens is 141 g/mol. The molecule has 0 aromatic carbocycles. The summed E-state index contributed by atoms with van der Waals surface area (Å²) in [6.45, 7) is -0.110. The van der Waals surface area contributed by atoms with Crippen LogP contribution in [0.3, 0.4) is 0 Å². The third kappa shape index (κ3) is 1.71. The summed E-state index contributed by atoms with van der Waals surface area (Å²) < 4.78 is 4.86. The molecule has 0 unspecified atom stereocenters. The first-order chi connectivity index (χ1) is 5.27. The van der Waals surface area contributed by atoms with Gasteiger partial charge in [0.2, 0.25) is 5.88 Å². The van der Waals surface area contributed by atoms with E-state index in [4.69, 9.17) is 17.7 Å². The number of hydrogen-bond acceptors (Lipinski definition) is 3. The van der Waals surface area contributed by atoms with Gasteiger partial charge in [0.25, 0.3) is 0 Å². The number of aliphatic hydroxyl groups excluding tert-OH is 1. The molecule has 0 fully saturated rings. The van der Waals surface area contributed by atoms with Gasteiger partial charge in [0.15, 0.2) is 0 Å². The molecule has 1 rings (SSSR count). The lowest BCUT2D eigenvalue weighted by Gasteiger charge is -2.04. The average molecular weight is 149 g/mol. The van der Waals surface area contributed by atoms with Gasteiger partial charge in [-0.15, -0.1) is 0 Å². The Balaban J connectivity index is 3.06. The normalized spacial score (nSPS) is 9.64. The van der Waals surface area contributed by atoms with Crippen molar-refractivity contribution in [3.8, 4) is 5.88 Å². The Bertz CT molecular complexity index is 252. The van der Waals surface area contributed by atoms with Crippen LogP contribution in [-0.4, -0.2) is 25.0 Å². The van der Waals surface area contributed by atoms with Crippen LogP contribution >= 0.6 is 0 Å². The van der Waals surface area contributed by atoms with Crippen LogP contribution in [0, 0.1) is 0 Å². The third-order valence-electron chi connectivity index (χ3n) is 1.31. The van der Waals surface area contributed by atoms with Gasteiger partial charge in [-0.05, 0) is 0 Å². The molecule has 56 valence electrons. The van der Waals surface area contributed by atoms with Crippen molar-refractivity contribution in [2.45, 2.75) is 6.61 Å². The zero-order chi connectivity index (χ0) is 8.27. The monoisotopic (exact) mass is 149 g/mol. The molecule has 0 aliphatic rings. The van der Waals surface area contributed by atoms with Crippen LogP contribution in [0.4, 0.5) is 0 Å². The maximum Gasteiger partial charge on any atom is 0.218 e. The minimum Gasteiger partial charge on any atom is -0.481 e. The Morgan fingerprint density at radius 1 is 1.73 bits per heavy atom. The highest BCUT2D eigenvalue weighted by Gasteiger charge is 2.01. The first kappa shape index (κ1) is 8.08. The molecular formula is C7H8BNO2. The molecule has 1 aromatic rings. The Labute approximate surface area is 66.4 Å². The Hall–Kier alpha value is -1.03. The minimum absolute atomic E-state index is 0.110. The van der Waals surface area contributed by atoms with Crippen molar-refractivity contribution in [3.05, 3.63) is 17.8 Å². The summed E-state index contributed by atoms with van der Waals surface area (Å²) in [5.41, 5.74) is 1.13. The van der Waals surface area contributed by atoms with E-state index in [0.717, 1.165) is 0 Å². The summed E-state index contributed by atoms with van der Waals surface area (Å²) in [6.07, 6.45) is 1.48. The number of aliphatic hydroxyl groups is 1. The van der Waals surface area contributed by atoms with E-state index in [-0.39, 0.29) is 6.61 Å². The number of pyridine rings is 1. The molecule has 1 heterocycles. The van der Waals surface area contributed by atoms with Crippen LogP contribution in [0.15, 0.2) is 12.3 Å². The van der Waals surface area contributed by atoms with Crippen LogP contribution in [0.25, 0.3) is 0 Å². The second-order valence-corrected chi connectivity index (χ2v) is 2.10. The minimum atomic E-state index is -0.110. The molecule has 2 radical (unpaired) electrons. The highest BCUT2D eigenvalue weighted by atomic mass is 16.5. The topological polar surface area (TPSA) is 42.4 Å². The molecule has 1 aromatic heterocycles. The van der Waals surface area contributed by atoms with E-state index in [1.165, 1.54) is 13.3 Å². The van der Waals surface area contributed by atoms with Gasteiger partial charge >= 0.3 is 0 Å². The van der Waals surface area contributed by atoms with Crippen LogP contribution in [0.5, 0.6) is 5.88 Å². The van der Waals surface area contributed by atoms with Gasteiger partial charge in [-0.2, -0.15) is 0 Å². The molecule has 0 amide bonds. The SMILES string of the molecule is [B]c1cnc(OC)c(CO)c1. The Kier molecular flexibility index (Phi) is 2.49. The lowest BCUT2D eigenvalue weighted by atomic mass is 9.97. The largest absolute Gasteiger partial charge is 0.481 e. The first-order valence-corrected chi connectivity index (χ1v) is 3.17. The Morgan fingerprint density at radius 2 is 2.45 bits per heavy atom. The number of nitrogens with zero attached hydrogens (tertiary/aromatic N) is 1. The fourth-order valence-corrected chi connectivity index (χ4v) is 0.813. The quantitative estimate of drug-likeness (QED) is 0.569.